The van der Waals surface area contributed by atoms with Crippen LogP contribution < -0.4 is 10.1 Å². The second-order valence-electron chi connectivity index (χ2n) is 4.14. The van der Waals surface area contributed by atoms with Crippen LogP contribution >= 0.6 is 15.9 Å². The lowest BCUT2D eigenvalue weighted by atomic mass is 10.3. The molecule has 0 aliphatic heterocycles. The Morgan fingerprint density at radius 3 is 2.75 bits per heavy atom. The predicted octanol–water partition coefficient (Wildman–Crippen LogP) is 4.01. The van der Waals surface area contributed by atoms with E-state index in [0.29, 0.717) is 16.8 Å². The average Bonchev–Trinajstić information content (AvgIpc) is 2.86. The minimum Gasteiger partial charge on any atom is -0.482 e. The zero-order valence-corrected chi connectivity index (χ0v) is 12.5. The molecular weight excluding hydrogens is 332 g/mol. The highest BCUT2D eigenvalue weighted by atomic mass is 79.9. The summed E-state index contributed by atoms with van der Waals surface area (Å²) in [4.78, 5) is 0. The van der Waals surface area contributed by atoms with Crippen molar-refractivity contribution in [3.05, 3.63) is 51.9 Å². The van der Waals surface area contributed by atoms with E-state index in [1.165, 1.54) is 6.07 Å². The average molecular weight is 346 g/mol. The normalized spacial score (nSPS) is 10.8. The van der Waals surface area contributed by atoms with Gasteiger partial charge in [0.2, 0.25) is 5.82 Å². The van der Waals surface area contributed by atoms with Crippen LogP contribution in [0.2, 0.25) is 0 Å². The summed E-state index contributed by atoms with van der Waals surface area (Å²) in [5.74, 6) is -0.792. The van der Waals surface area contributed by atoms with Gasteiger partial charge in [-0.25, -0.2) is 4.39 Å². The fraction of sp³-hybridized carbons (Fsp3) is 0.286. The van der Waals surface area contributed by atoms with Crippen molar-refractivity contribution in [1.29, 1.82) is 0 Å². The maximum atomic E-state index is 13.5. The minimum atomic E-state index is -1.01. The molecule has 0 amide bonds. The molecule has 1 heterocycles. The monoisotopic (exact) mass is 345 g/mol. The largest absolute Gasteiger partial charge is 0.482 e. The topological polar surface area (TPSA) is 34.4 Å². The van der Waals surface area contributed by atoms with Crippen molar-refractivity contribution in [2.75, 3.05) is 6.54 Å². The van der Waals surface area contributed by atoms with Gasteiger partial charge in [0.1, 0.15) is 18.1 Å². The molecule has 0 fully saturated rings. The predicted molar refractivity (Wildman–Crippen MR) is 74.5 cm³/mol. The Balaban J connectivity index is 2.00. The van der Waals surface area contributed by atoms with Crippen molar-refractivity contribution in [1.82, 2.24) is 5.32 Å². The van der Waals surface area contributed by atoms with Crippen LogP contribution in [0.15, 0.2) is 33.2 Å². The summed E-state index contributed by atoms with van der Waals surface area (Å²) in [5.41, 5.74) is 0. The third kappa shape index (κ3) is 3.80. The lowest BCUT2D eigenvalue weighted by molar-refractivity contribution is 0.250. The van der Waals surface area contributed by atoms with Crippen LogP contribution in [0.1, 0.15) is 18.4 Å². The number of hydrogen-bond acceptors (Lipinski definition) is 3. The van der Waals surface area contributed by atoms with Crippen LogP contribution in [0.4, 0.5) is 8.78 Å². The van der Waals surface area contributed by atoms with Gasteiger partial charge in [0.05, 0.1) is 6.54 Å². The molecule has 108 valence electrons. The maximum Gasteiger partial charge on any atom is 0.200 e. The van der Waals surface area contributed by atoms with Gasteiger partial charge in [-0.1, -0.05) is 22.9 Å². The zero-order chi connectivity index (χ0) is 14.5. The van der Waals surface area contributed by atoms with Gasteiger partial charge < -0.3 is 14.5 Å². The van der Waals surface area contributed by atoms with Gasteiger partial charge in [-0.2, -0.15) is 4.39 Å². The summed E-state index contributed by atoms with van der Waals surface area (Å²) in [5, 5.41) is 3.13. The smallest absolute Gasteiger partial charge is 0.200 e. The second kappa shape index (κ2) is 6.85. The highest BCUT2D eigenvalue weighted by Gasteiger charge is 2.12. The summed E-state index contributed by atoms with van der Waals surface area (Å²) >= 11 is 3.09. The molecule has 1 N–H and O–H groups in total. The molecule has 2 aromatic rings. The molecule has 6 heteroatoms. The van der Waals surface area contributed by atoms with Gasteiger partial charge in [0, 0.05) is 4.47 Å². The number of ether oxygens (including phenoxy) is 1. The van der Waals surface area contributed by atoms with E-state index < -0.39 is 11.6 Å². The van der Waals surface area contributed by atoms with Gasteiger partial charge in [-0.3, -0.25) is 0 Å². The Bertz CT molecular complexity index is 587. The van der Waals surface area contributed by atoms with Crippen LogP contribution in [-0.2, 0) is 13.2 Å². The fourth-order valence-electron chi connectivity index (χ4n) is 1.63. The molecule has 0 bridgehead atoms. The first-order valence-electron chi connectivity index (χ1n) is 6.15. The SMILES string of the molecule is CCNCc1ccc(COc2cc(Br)cc(F)c2F)o1. The molecular formula is C14H14BrF2NO2. The van der Waals surface area contributed by atoms with Gasteiger partial charge in [-0.05, 0) is 30.8 Å². The van der Waals surface area contributed by atoms with Gasteiger partial charge >= 0.3 is 0 Å². The number of halogens is 3. The van der Waals surface area contributed by atoms with Crippen molar-refractivity contribution in [2.45, 2.75) is 20.1 Å². The first-order chi connectivity index (χ1) is 9.60. The van der Waals surface area contributed by atoms with Crippen LogP contribution in [0.3, 0.4) is 0 Å². The van der Waals surface area contributed by atoms with Crippen LogP contribution in [0.5, 0.6) is 5.75 Å². The van der Waals surface area contributed by atoms with E-state index in [2.05, 4.69) is 21.2 Å². The quantitative estimate of drug-likeness (QED) is 0.803. The third-order valence-electron chi connectivity index (χ3n) is 2.60. The molecule has 2 rings (SSSR count). The number of furan rings is 1. The van der Waals surface area contributed by atoms with E-state index in [1.54, 1.807) is 6.07 Å². The summed E-state index contributed by atoms with van der Waals surface area (Å²) in [6.45, 7) is 3.50. The molecule has 0 unspecified atom stereocenters. The van der Waals surface area contributed by atoms with E-state index in [1.807, 2.05) is 13.0 Å². The van der Waals surface area contributed by atoms with Crippen molar-refractivity contribution >= 4 is 15.9 Å². The Morgan fingerprint density at radius 2 is 2.00 bits per heavy atom. The number of hydrogen-bond donors (Lipinski definition) is 1. The molecule has 0 saturated heterocycles. The van der Waals surface area contributed by atoms with Crippen LogP contribution in [-0.4, -0.2) is 6.54 Å². The lowest BCUT2D eigenvalue weighted by Gasteiger charge is -2.07. The summed E-state index contributed by atoms with van der Waals surface area (Å²) < 4.78 is 37.8. The first kappa shape index (κ1) is 15.0. The Morgan fingerprint density at radius 1 is 1.25 bits per heavy atom. The molecule has 1 aromatic heterocycles. The Labute approximate surface area is 124 Å². The molecule has 0 atom stereocenters. The summed E-state index contributed by atoms with van der Waals surface area (Å²) in [7, 11) is 0. The van der Waals surface area contributed by atoms with Crippen molar-refractivity contribution in [3.8, 4) is 5.75 Å². The van der Waals surface area contributed by atoms with Crippen molar-refractivity contribution in [2.24, 2.45) is 0 Å². The van der Waals surface area contributed by atoms with Gasteiger partial charge in [0.25, 0.3) is 0 Å². The third-order valence-corrected chi connectivity index (χ3v) is 3.05. The first-order valence-corrected chi connectivity index (χ1v) is 6.95. The van der Waals surface area contributed by atoms with E-state index in [4.69, 9.17) is 9.15 Å². The van der Waals surface area contributed by atoms with Crippen molar-refractivity contribution < 1.29 is 17.9 Å². The standard InChI is InChI=1S/C14H14BrF2NO2/c1-2-18-7-10-3-4-11(20-10)8-19-13-6-9(15)5-12(16)14(13)17/h3-6,18H,2,7-8H2,1H3. The van der Waals surface area contributed by atoms with Gasteiger partial charge in [-0.15, -0.1) is 0 Å². The zero-order valence-electron chi connectivity index (χ0n) is 10.9. The summed E-state index contributed by atoms with van der Waals surface area (Å²) in [6.07, 6.45) is 0. The molecule has 20 heavy (non-hydrogen) atoms. The molecule has 0 aliphatic carbocycles. The van der Waals surface area contributed by atoms with E-state index >= 15 is 0 Å². The van der Waals surface area contributed by atoms with Crippen LogP contribution in [0.25, 0.3) is 0 Å². The fourth-order valence-corrected chi connectivity index (χ4v) is 2.04. The Kier molecular flexibility index (Phi) is 5.14. The number of nitrogens with one attached hydrogen (secondary N) is 1. The van der Waals surface area contributed by atoms with Crippen LogP contribution in [0, 0.1) is 11.6 Å². The molecule has 3 nitrogen and oxygen atoms in total. The lowest BCUT2D eigenvalue weighted by Crippen LogP contribution is -2.10. The van der Waals surface area contributed by atoms with Gasteiger partial charge in [0.15, 0.2) is 11.6 Å². The Hall–Kier alpha value is -1.40. The van der Waals surface area contributed by atoms with E-state index in [9.17, 15) is 8.78 Å². The maximum absolute atomic E-state index is 13.5. The second-order valence-corrected chi connectivity index (χ2v) is 5.05. The molecule has 0 spiro atoms. The van der Waals surface area contributed by atoms with E-state index in [0.717, 1.165) is 18.4 Å². The molecule has 0 aliphatic rings. The minimum absolute atomic E-state index is 0.0406. The number of benzene rings is 1. The number of rotatable bonds is 6. The molecule has 0 radical (unpaired) electrons. The molecule has 0 saturated carbocycles. The van der Waals surface area contributed by atoms with Crippen molar-refractivity contribution in [3.63, 3.8) is 0 Å². The van der Waals surface area contributed by atoms with E-state index in [-0.39, 0.29) is 12.4 Å². The molecule has 1 aromatic carbocycles. The summed E-state index contributed by atoms with van der Waals surface area (Å²) in [6, 6.07) is 5.99. The highest BCUT2D eigenvalue weighted by molar-refractivity contribution is 9.10. The highest BCUT2D eigenvalue weighted by Crippen LogP contribution is 2.26.